The van der Waals surface area contributed by atoms with Gasteiger partial charge >= 0.3 is 0 Å². The van der Waals surface area contributed by atoms with Gasteiger partial charge < -0.3 is 10.2 Å². The van der Waals surface area contributed by atoms with Gasteiger partial charge in [-0.2, -0.15) is 0 Å². The Bertz CT molecular complexity index is 433. The second kappa shape index (κ2) is 5.91. The minimum absolute atomic E-state index is 0.0332. The summed E-state index contributed by atoms with van der Waals surface area (Å²) in [7, 11) is 1.88. The first-order valence-electron chi connectivity index (χ1n) is 7.25. The van der Waals surface area contributed by atoms with Crippen molar-refractivity contribution in [3.05, 3.63) is 29.6 Å². The predicted molar refractivity (Wildman–Crippen MR) is 79.0 cm³/mol. The van der Waals surface area contributed by atoms with Crippen molar-refractivity contribution in [3.8, 4) is 0 Å². The van der Waals surface area contributed by atoms with Crippen molar-refractivity contribution >= 4 is 5.69 Å². The Balaban J connectivity index is 2.32. The van der Waals surface area contributed by atoms with Crippen LogP contribution in [0.3, 0.4) is 0 Å². The molecule has 0 saturated carbocycles. The molecular formula is C16H25FN2. The van der Waals surface area contributed by atoms with Crippen LogP contribution in [0.5, 0.6) is 0 Å². The van der Waals surface area contributed by atoms with Gasteiger partial charge in [0.15, 0.2) is 0 Å². The summed E-state index contributed by atoms with van der Waals surface area (Å²) >= 11 is 0. The Hall–Kier alpha value is -1.09. The lowest BCUT2D eigenvalue weighted by Crippen LogP contribution is -2.39. The van der Waals surface area contributed by atoms with Crippen LogP contribution < -0.4 is 10.2 Å². The molecule has 0 aromatic heterocycles. The van der Waals surface area contributed by atoms with Crippen LogP contribution in [0, 0.1) is 17.7 Å². The molecule has 0 bridgehead atoms. The molecule has 19 heavy (non-hydrogen) atoms. The van der Waals surface area contributed by atoms with Crippen LogP contribution in [-0.4, -0.2) is 20.1 Å². The Kier molecular flexibility index (Phi) is 4.46. The average Bonchev–Trinajstić information content (AvgIpc) is 2.41. The van der Waals surface area contributed by atoms with Crippen molar-refractivity contribution in [1.29, 1.82) is 0 Å². The minimum Gasteiger partial charge on any atom is -0.371 e. The van der Waals surface area contributed by atoms with Crippen molar-refractivity contribution < 1.29 is 4.39 Å². The van der Waals surface area contributed by atoms with Crippen LogP contribution in [0.4, 0.5) is 10.1 Å². The molecule has 1 aliphatic rings. The van der Waals surface area contributed by atoms with Gasteiger partial charge in [0.2, 0.25) is 0 Å². The summed E-state index contributed by atoms with van der Waals surface area (Å²) in [6.45, 7) is 8.66. The van der Waals surface area contributed by atoms with Gasteiger partial charge in [0, 0.05) is 30.4 Å². The summed E-state index contributed by atoms with van der Waals surface area (Å²) in [6, 6.07) is 5.46. The highest BCUT2D eigenvalue weighted by atomic mass is 19.1. The first-order valence-corrected chi connectivity index (χ1v) is 7.25. The fourth-order valence-electron chi connectivity index (χ4n) is 2.86. The van der Waals surface area contributed by atoms with Gasteiger partial charge in [0.05, 0.1) is 0 Å². The molecule has 1 aliphatic heterocycles. The van der Waals surface area contributed by atoms with Gasteiger partial charge in [-0.1, -0.05) is 19.9 Å². The average molecular weight is 264 g/mol. The number of piperidine rings is 1. The first-order chi connectivity index (χ1) is 9.04. The molecule has 3 atom stereocenters. The van der Waals surface area contributed by atoms with E-state index in [-0.39, 0.29) is 11.9 Å². The van der Waals surface area contributed by atoms with Crippen LogP contribution in [0.15, 0.2) is 18.2 Å². The fraction of sp³-hybridized carbons (Fsp3) is 0.625. The van der Waals surface area contributed by atoms with E-state index in [1.54, 1.807) is 6.07 Å². The van der Waals surface area contributed by atoms with Crippen LogP contribution in [0.2, 0.25) is 0 Å². The monoisotopic (exact) mass is 264 g/mol. The highest BCUT2D eigenvalue weighted by molar-refractivity contribution is 5.56. The second-order valence-corrected chi connectivity index (χ2v) is 5.87. The van der Waals surface area contributed by atoms with E-state index in [2.05, 4.69) is 30.1 Å². The molecule has 2 rings (SSSR count). The van der Waals surface area contributed by atoms with Gasteiger partial charge in [0.1, 0.15) is 5.82 Å². The van der Waals surface area contributed by atoms with E-state index < -0.39 is 0 Å². The summed E-state index contributed by atoms with van der Waals surface area (Å²) in [4.78, 5) is 2.34. The Morgan fingerprint density at radius 2 is 2.05 bits per heavy atom. The number of nitrogens with zero attached hydrogens (tertiary/aromatic N) is 1. The molecule has 1 fully saturated rings. The minimum atomic E-state index is -0.106. The van der Waals surface area contributed by atoms with E-state index in [9.17, 15) is 4.39 Å². The Morgan fingerprint density at radius 3 is 2.68 bits per heavy atom. The topological polar surface area (TPSA) is 15.3 Å². The SMILES string of the molecule is CNC(C)c1c(F)cccc1N1CCC(C)C(C)C1. The zero-order chi connectivity index (χ0) is 14.0. The molecule has 1 heterocycles. The molecule has 0 amide bonds. The molecule has 106 valence electrons. The number of halogens is 1. The number of anilines is 1. The van der Waals surface area contributed by atoms with E-state index in [4.69, 9.17) is 0 Å². The maximum atomic E-state index is 14.1. The van der Waals surface area contributed by atoms with Crippen molar-refractivity contribution in [2.24, 2.45) is 11.8 Å². The molecule has 2 nitrogen and oxygen atoms in total. The predicted octanol–water partition coefficient (Wildman–Crippen LogP) is 3.59. The van der Waals surface area contributed by atoms with E-state index in [1.807, 2.05) is 20.0 Å². The Labute approximate surface area is 116 Å². The summed E-state index contributed by atoms with van der Waals surface area (Å²) in [5.41, 5.74) is 1.85. The van der Waals surface area contributed by atoms with Crippen LogP contribution in [-0.2, 0) is 0 Å². The molecule has 3 heteroatoms. The summed E-state index contributed by atoms with van der Waals surface area (Å²) in [5, 5.41) is 3.15. The normalized spacial score (nSPS) is 25.4. The number of rotatable bonds is 3. The lowest BCUT2D eigenvalue weighted by Gasteiger charge is -2.38. The highest BCUT2D eigenvalue weighted by Crippen LogP contribution is 2.33. The summed E-state index contributed by atoms with van der Waals surface area (Å²) < 4.78 is 14.1. The second-order valence-electron chi connectivity index (χ2n) is 5.87. The molecule has 1 N–H and O–H groups in total. The van der Waals surface area contributed by atoms with E-state index in [0.29, 0.717) is 5.92 Å². The number of nitrogens with one attached hydrogen (secondary N) is 1. The third kappa shape index (κ3) is 2.92. The zero-order valence-corrected chi connectivity index (χ0v) is 12.4. The quantitative estimate of drug-likeness (QED) is 0.897. The largest absolute Gasteiger partial charge is 0.371 e. The van der Waals surface area contributed by atoms with Gasteiger partial charge in [-0.05, 0) is 44.4 Å². The number of benzene rings is 1. The van der Waals surface area contributed by atoms with Gasteiger partial charge in [-0.25, -0.2) is 4.39 Å². The third-order valence-electron chi connectivity index (χ3n) is 4.57. The van der Waals surface area contributed by atoms with E-state index in [1.165, 1.54) is 6.42 Å². The van der Waals surface area contributed by atoms with E-state index in [0.717, 1.165) is 30.3 Å². The molecular weight excluding hydrogens is 239 g/mol. The van der Waals surface area contributed by atoms with Crippen LogP contribution in [0.1, 0.15) is 38.8 Å². The maximum Gasteiger partial charge on any atom is 0.130 e. The lowest BCUT2D eigenvalue weighted by atomic mass is 9.88. The summed E-state index contributed by atoms with van der Waals surface area (Å²) in [6.07, 6.45) is 1.19. The molecule has 3 unspecified atom stereocenters. The molecule has 1 aromatic carbocycles. The smallest absolute Gasteiger partial charge is 0.130 e. The zero-order valence-electron chi connectivity index (χ0n) is 12.4. The molecule has 1 aromatic rings. The van der Waals surface area contributed by atoms with Gasteiger partial charge in [-0.3, -0.25) is 0 Å². The van der Waals surface area contributed by atoms with Crippen LogP contribution >= 0.6 is 0 Å². The lowest BCUT2D eigenvalue weighted by molar-refractivity contribution is 0.323. The van der Waals surface area contributed by atoms with E-state index >= 15 is 0 Å². The fourth-order valence-corrected chi connectivity index (χ4v) is 2.86. The van der Waals surface area contributed by atoms with Crippen molar-refractivity contribution in [2.45, 2.75) is 33.2 Å². The maximum absolute atomic E-state index is 14.1. The van der Waals surface area contributed by atoms with Crippen LogP contribution in [0.25, 0.3) is 0 Å². The number of hydrogen-bond donors (Lipinski definition) is 1. The molecule has 1 saturated heterocycles. The summed E-state index contributed by atoms with van der Waals surface area (Å²) in [5.74, 6) is 1.32. The Morgan fingerprint density at radius 1 is 1.32 bits per heavy atom. The highest BCUT2D eigenvalue weighted by Gasteiger charge is 2.26. The number of hydrogen-bond acceptors (Lipinski definition) is 2. The van der Waals surface area contributed by atoms with Gasteiger partial charge in [-0.15, -0.1) is 0 Å². The van der Waals surface area contributed by atoms with Gasteiger partial charge in [0.25, 0.3) is 0 Å². The van der Waals surface area contributed by atoms with Crippen molar-refractivity contribution in [2.75, 3.05) is 25.0 Å². The van der Waals surface area contributed by atoms with Crippen molar-refractivity contribution in [1.82, 2.24) is 5.32 Å². The molecule has 0 aliphatic carbocycles. The first kappa shape index (κ1) is 14.3. The standard InChI is InChI=1S/C16H25FN2/c1-11-8-9-19(10-12(11)2)15-7-5-6-14(17)16(15)13(3)18-4/h5-7,11-13,18H,8-10H2,1-4H3. The molecule has 0 radical (unpaired) electrons. The molecule has 0 spiro atoms. The third-order valence-corrected chi connectivity index (χ3v) is 4.57. The van der Waals surface area contributed by atoms with Crippen molar-refractivity contribution in [3.63, 3.8) is 0 Å².